The summed E-state index contributed by atoms with van der Waals surface area (Å²) in [5, 5.41) is 3.49. The van der Waals surface area contributed by atoms with E-state index in [0.29, 0.717) is 6.04 Å². The molecule has 1 aromatic carbocycles. The lowest BCUT2D eigenvalue weighted by Gasteiger charge is -2.36. The van der Waals surface area contributed by atoms with E-state index in [4.69, 9.17) is 4.74 Å². The van der Waals surface area contributed by atoms with Crippen molar-refractivity contribution in [2.24, 2.45) is 0 Å². The van der Waals surface area contributed by atoms with Crippen molar-refractivity contribution in [1.82, 2.24) is 10.2 Å². The van der Waals surface area contributed by atoms with Crippen LogP contribution in [0.5, 0.6) is 5.75 Å². The summed E-state index contributed by atoms with van der Waals surface area (Å²) in [5.41, 5.74) is 1.35. The predicted octanol–water partition coefficient (Wildman–Crippen LogP) is 3.42. The van der Waals surface area contributed by atoms with Crippen molar-refractivity contribution >= 4 is 15.9 Å². The van der Waals surface area contributed by atoms with Gasteiger partial charge in [-0.25, -0.2) is 0 Å². The van der Waals surface area contributed by atoms with Crippen LogP contribution in [0.3, 0.4) is 0 Å². The van der Waals surface area contributed by atoms with Crippen molar-refractivity contribution in [3.8, 4) is 5.75 Å². The van der Waals surface area contributed by atoms with Crippen LogP contribution >= 0.6 is 15.9 Å². The second kappa shape index (κ2) is 8.01. The standard InChI is InChI=1S/C16H25BrN2O/c1-3-18-11-14-6-4-5-9-19(14)12-13-7-8-16(20-2)15(17)10-13/h7-8,10,14,18H,3-6,9,11-12H2,1-2H3. The highest BCUT2D eigenvalue weighted by molar-refractivity contribution is 9.10. The Bertz CT molecular complexity index is 425. The second-order valence-corrected chi connectivity index (χ2v) is 6.25. The number of piperidine rings is 1. The van der Waals surface area contributed by atoms with Gasteiger partial charge in [0.05, 0.1) is 11.6 Å². The fraction of sp³-hybridized carbons (Fsp3) is 0.625. The van der Waals surface area contributed by atoms with E-state index in [0.717, 1.165) is 29.9 Å². The van der Waals surface area contributed by atoms with Gasteiger partial charge in [0.15, 0.2) is 0 Å². The first kappa shape index (κ1) is 15.8. The fourth-order valence-corrected chi connectivity index (χ4v) is 3.44. The van der Waals surface area contributed by atoms with Crippen molar-refractivity contribution in [2.45, 2.75) is 38.8 Å². The molecule has 0 saturated carbocycles. The lowest BCUT2D eigenvalue weighted by Crippen LogP contribution is -2.44. The summed E-state index contributed by atoms with van der Waals surface area (Å²) in [6.45, 7) is 6.57. The molecular formula is C16H25BrN2O. The first-order valence-corrected chi connectivity index (χ1v) is 8.31. The Labute approximate surface area is 130 Å². The van der Waals surface area contributed by atoms with Gasteiger partial charge in [-0.05, 0) is 59.6 Å². The third-order valence-electron chi connectivity index (χ3n) is 3.98. The molecule has 1 atom stereocenters. The van der Waals surface area contributed by atoms with Crippen LogP contribution in [-0.4, -0.2) is 37.7 Å². The number of halogens is 1. The quantitative estimate of drug-likeness (QED) is 0.858. The zero-order chi connectivity index (χ0) is 14.4. The number of methoxy groups -OCH3 is 1. The second-order valence-electron chi connectivity index (χ2n) is 5.40. The van der Waals surface area contributed by atoms with E-state index in [2.05, 4.69) is 45.2 Å². The Balaban J connectivity index is 2.00. The zero-order valence-corrected chi connectivity index (χ0v) is 14.1. The summed E-state index contributed by atoms with van der Waals surface area (Å²) in [7, 11) is 1.71. The van der Waals surface area contributed by atoms with Crippen LogP contribution < -0.4 is 10.1 Å². The average molecular weight is 341 g/mol. The molecule has 1 aromatic rings. The number of ether oxygens (including phenoxy) is 1. The van der Waals surface area contributed by atoms with Gasteiger partial charge in [-0.2, -0.15) is 0 Å². The molecule has 20 heavy (non-hydrogen) atoms. The summed E-state index contributed by atoms with van der Waals surface area (Å²) in [5.74, 6) is 0.900. The summed E-state index contributed by atoms with van der Waals surface area (Å²) in [6, 6.07) is 7.06. The molecule has 1 aliphatic rings. The van der Waals surface area contributed by atoms with Crippen LogP contribution in [0.1, 0.15) is 31.7 Å². The Morgan fingerprint density at radius 1 is 1.40 bits per heavy atom. The summed E-state index contributed by atoms with van der Waals surface area (Å²) in [6.07, 6.45) is 3.99. The molecular weight excluding hydrogens is 316 g/mol. The van der Waals surface area contributed by atoms with Crippen LogP contribution in [0, 0.1) is 0 Å². The molecule has 1 aliphatic heterocycles. The molecule has 1 N–H and O–H groups in total. The molecule has 1 saturated heterocycles. The number of hydrogen-bond acceptors (Lipinski definition) is 3. The minimum Gasteiger partial charge on any atom is -0.496 e. The largest absolute Gasteiger partial charge is 0.496 e. The maximum atomic E-state index is 5.29. The topological polar surface area (TPSA) is 24.5 Å². The van der Waals surface area contributed by atoms with E-state index in [1.165, 1.54) is 31.4 Å². The number of likely N-dealkylation sites (tertiary alicyclic amines) is 1. The first-order valence-electron chi connectivity index (χ1n) is 7.51. The van der Waals surface area contributed by atoms with Gasteiger partial charge in [-0.15, -0.1) is 0 Å². The first-order chi connectivity index (χ1) is 9.74. The van der Waals surface area contributed by atoms with Gasteiger partial charge in [0.25, 0.3) is 0 Å². The zero-order valence-electron chi connectivity index (χ0n) is 12.5. The molecule has 0 spiro atoms. The van der Waals surface area contributed by atoms with Gasteiger partial charge in [0.1, 0.15) is 5.75 Å². The van der Waals surface area contributed by atoms with Crippen LogP contribution in [-0.2, 0) is 6.54 Å². The highest BCUT2D eigenvalue weighted by Gasteiger charge is 2.22. The highest BCUT2D eigenvalue weighted by Crippen LogP contribution is 2.27. The van der Waals surface area contributed by atoms with Crippen LogP contribution in [0.25, 0.3) is 0 Å². The molecule has 0 bridgehead atoms. The molecule has 1 fully saturated rings. The normalized spacial score (nSPS) is 20.1. The van der Waals surface area contributed by atoms with Gasteiger partial charge < -0.3 is 10.1 Å². The minimum absolute atomic E-state index is 0.671. The van der Waals surface area contributed by atoms with E-state index in [1.807, 2.05) is 6.07 Å². The van der Waals surface area contributed by atoms with E-state index >= 15 is 0 Å². The lowest BCUT2D eigenvalue weighted by molar-refractivity contribution is 0.138. The molecule has 2 rings (SSSR count). The molecule has 112 valence electrons. The van der Waals surface area contributed by atoms with Crippen molar-refractivity contribution in [2.75, 3.05) is 26.7 Å². The van der Waals surface area contributed by atoms with Crippen LogP contribution in [0.4, 0.5) is 0 Å². The van der Waals surface area contributed by atoms with Crippen molar-refractivity contribution in [1.29, 1.82) is 0 Å². The summed E-state index contributed by atoms with van der Waals surface area (Å²) in [4.78, 5) is 2.61. The number of nitrogens with one attached hydrogen (secondary N) is 1. The average Bonchev–Trinajstić information content (AvgIpc) is 2.46. The van der Waals surface area contributed by atoms with Crippen molar-refractivity contribution < 1.29 is 4.74 Å². The molecule has 3 nitrogen and oxygen atoms in total. The molecule has 0 aromatic heterocycles. The SMILES string of the molecule is CCNCC1CCCCN1Cc1ccc(OC)c(Br)c1. The minimum atomic E-state index is 0.671. The number of nitrogens with zero attached hydrogens (tertiary/aromatic N) is 1. The summed E-state index contributed by atoms with van der Waals surface area (Å²) < 4.78 is 6.33. The third-order valence-corrected chi connectivity index (χ3v) is 4.60. The molecule has 0 aliphatic carbocycles. The van der Waals surface area contributed by atoms with Gasteiger partial charge in [-0.1, -0.05) is 19.4 Å². The number of benzene rings is 1. The van der Waals surface area contributed by atoms with E-state index < -0.39 is 0 Å². The third kappa shape index (κ3) is 4.21. The van der Waals surface area contributed by atoms with E-state index in [-0.39, 0.29) is 0 Å². The van der Waals surface area contributed by atoms with Crippen molar-refractivity contribution in [3.05, 3.63) is 28.2 Å². The number of rotatable bonds is 6. The predicted molar refractivity (Wildman–Crippen MR) is 87.3 cm³/mol. The Kier molecular flexibility index (Phi) is 6.33. The van der Waals surface area contributed by atoms with Gasteiger partial charge in [0.2, 0.25) is 0 Å². The van der Waals surface area contributed by atoms with Crippen molar-refractivity contribution in [3.63, 3.8) is 0 Å². The number of hydrogen-bond donors (Lipinski definition) is 1. The van der Waals surface area contributed by atoms with Gasteiger partial charge in [0, 0.05) is 19.1 Å². The van der Waals surface area contributed by atoms with E-state index in [1.54, 1.807) is 7.11 Å². The molecule has 0 amide bonds. The maximum Gasteiger partial charge on any atom is 0.133 e. The maximum absolute atomic E-state index is 5.29. The Hall–Kier alpha value is -0.580. The highest BCUT2D eigenvalue weighted by atomic mass is 79.9. The Morgan fingerprint density at radius 3 is 2.95 bits per heavy atom. The van der Waals surface area contributed by atoms with E-state index in [9.17, 15) is 0 Å². The van der Waals surface area contributed by atoms with Crippen LogP contribution in [0.15, 0.2) is 22.7 Å². The molecule has 0 radical (unpaired) electrons. The van der Waals surface area contributed by atoms with Gasteiger partial charge in [-0.3, -0.25) is 4.90 Å². The monoisotopic (exact) mass is 340 g/mol. The summed E-state index contributed by atoms with van der Waals surface area (Å²) >= 11 is 3.57. The molecule has 1 unspecified atom stereocenters. The smallest absolute Gasteiger partial charge is 0.133 e. The molecule has 1 heterocycles. The Morgan fingerprint density at radius 2 is 2.25 bits per heavy atom. The van der Waals surface area contributed by atoms with Gasteiger partial charge >= 0.3 is 0 Å². The fourth-order valence-electron chi connectivity index (χ4n) is 2.85. The number of likely N-dealkylation sites (N-methyl/N-ethyl adjacent to an activating group) is 1. The van der Waals surface area contributed by atoms with Crippen LogP contribution in [0.2, 0.25) is 0 Å². The molecule has 4 heteroatoms. The lowest BCUT2D eigenvalue weighted by atomic mass is 10.0.